The van der Waals surface area contributed by atoms with E-state index in [-0.39, 0.29) is 5.91 Å². The summed E-state index contributed by atoms with van der Waals surface area (Å²) in [6.07, 6.45) is 1.51. The molecule has 16 heavy (non-hydrogen) atoms. The number of carbonyl (C=O) groups is 1. The fourth-order valence-electron chi connectivity index (χ4n) is 0.831. The van der Waals surface area contributed by atoms with Crippen molar-refractivity contribution in [3.63, 3.8) is 0 Å². The first-order valence-electron chi connectivity index (χ1n) is 4.86. The summed E-state index contributed by atoms with van der Waals surface area (Å²) >= 11 is 3.18. The van der Waals surface area contributed by atoms with Crippen molar-refractivity contribution in [1.82, 2.24) is 9.97 Å². The van der Waals surface area contributed by atoms with Gasteiger partial charge in [-0.15, -0.1) is 0 Å². The first-order valence-corrected chi connectivity index (χ1v) is 5.65. The molecule has 0 saturated heterocycles. The quantitative estimate of drug-likeness (QED) is 0.806. The molecule has 0 bridgehead atoms. The van der Waals surface area contributed by atoms with Gasteiger partial charge < -0.3 is 5.32 Å². The van der Waals surface area contributed by atoms with Crippen LogP contribution in [0.3, 0.4) is 0 Å². The highest BCUT2D eigenvalue weighted by molar-refractivity contribution is 9.10. The number of anilines is 1. The van der Waals surface area contributed by atoms with Crippen molar-refractivity contribution in [3.05, 3.63) is 16.5 Å². The molecule has 0 aliphatic carbocycles. The zero-order chi connectivity index (χ0) is 12.6. The Hall–Kier alpha value is -1.41. The van der Waals surface area contributed by atoms with Crippen molar-refractivity contribution in [2.24, 2.45) is 0 Å². The molecule has 0 aromatic carbocycles. The third-order valence-corrected chi connectivity index (χ3v) is 1.66. The van der Waals surface area contributed by atoms with Crippen LogP contribution in [0.2, 0.25) is 0 Å². The average Bonchev–Trinajstić information content (AvgIpc) is 2.25. The lowest BCUT2D eigenvalue weighted by atomic mass is 10.4. The number of aromatic nitrogens is 2. The van der Waals surface area contributed by atoms with Crippen LogP contribution in [0.5, 0.6) is 0 Å². The van der Waals surface area contributed by atoms with E-state index in [0.717, 1.165) is 0 Å². The second-order valence-corrected chi connectivity index (χ2v) is 3.26. The summed E-state index contributed by atoms with van der Waals surface area (Å²) in [6, 6.07) is 0. The number of nitrogens with zero attached hydrogens (tertiary/aromatic N) is 2. The second kappa shape index (κ2) is 7.83. The molecule has 0 saturated carbocycles. The molecular weight excluding hydrogens is 270 g/mol. The van der Waals surface area contributed by atoms with Gasteiger partial charge in [0, 0.05) is 6.92 Å². The summed E-state index contributed by atoms with van der Waals surface area (Å²) < 4.78 is 0.587. The third-order valence-electron chi connectivity index (χ3n) is 1.28. The molecule has 0 radical (unpaired) electrons. The molecule has 1 N–H and O–H groups in total. The van der Waals surface area contributed by atoms with Crippen molar-refractivity contribution in [2.45, 2.75) is 27.7 Å². The molecule has 1 rings (SSSR count). The Labute approximate surface area is 104 Å². The lowest BCUT2D eigenvalue weighted by Crippen LogP contribution is -2.10. The maximum atomic E-state index is 10.8. The Kier molecular flexibility index (Phi) is 7.14. The molecular formula is C11H14BrN3O. The monoisotopic (exact) mass is 283 g/mol. The number of halogens is 1. The van der Waals surface area contributed by atoms with Gasteiger partial charge in [0.1, 0.15) is 4.60 Å². The summed E-state index contributed by atoms with van der Waals surface area (Å²) in [6.45, 7) is 7.10. The summed E-state index contributed by atoms with van der Waals surface area (Å²) in [5.41, 5.74) is 0.456. The molecule has 1 heterocycles. The highest BCUT2D eigenvalue weighted by Crippen LogP contribution is 2.12. The fraction of sp³-hybridized carbons (Fsp3) is 0.364. The molecule has 4 nitrogen and oxygen atoms in total. The number of nitrogens with one attached hydrogen (secondary N) is 1. The molecule has 1 aromatic heterocycles. The van der Waals surface area contributed by atoms with E-state index >= 15 is 0 Å². The number of carbonyl (C=O) groups excluding carboxylic acids is 1. The van der Waals surface area contributed by atoms with Crippen molar-refractivity contribution in [3.8, 4) is 11.8 Å². The SMILES string of the molecule is CC.CC#Cc1nc(Br)cnc1NC(C)=O. The molecule has 86 valence electrons. The predicted octanol–water partition coefficient (Wildman–Crippen LogP) is 2.60. The van der Waals surface area contributed by atoms with E-state index < -0.39 is 0 Å². The van der Waals surface area contributed by atoms with E-state index in [1.807, 2.05) is 13.8 Å². The topological polar surface area (TPSA) is 54.9 Å². The van der Waals surface area contributed by atoms with Crippen LogP contribution in [-0.2, 0) is 4.79 Å². The van der Waals surface area contributed by atoms with Crippen molar-refractivity contribution >= 4 is 27.7 Å². The van der Waals surface area contributed by atoms with Crippen molar-refractivity contribution in [2.75, 3.05) is 5.32 Å². The van der Waals surface area contributed by atoms with Crippen LogP contribution in [0, 0.1) is 11.8 Å². The normalized spacial score (nSPS) is 8.06. The zero-order valence-corrected chi connectivity index (χ0v) is 11.3. The molecule has 0 aliphatic heterocycles. The van der Waals surface area contributed by atoms with Crippen LogP contribution in [0.1, 0.15) is 33.4 Å². The minimum atomic E-state index is -0.194. The van der Waals surface area contributed by atoms with Gasteiger partial charge in [0.2, 0.25) is 5.91 Å². The van der Waals surface area contributed by atoms with Crippen LogP contribution in [-0.4, -0.2) is 15.9 Å². The van der Waals surface area contributed by atoms with E-state index in [1.54, 1.807) is 6.92 Å². The molecule has 0 atom stereocenters. The molecule has 0 unspecified atom stereocenters. The summed E-state index contributed by atoms with van der Waals surface area (Å²) in [5, 5.41) is 2.55. The van der Waals surface area contributed by atoms with E-state index in [2.05, 4.69) is 43.1 Å². The largest absolute Gasteiger partial charge is 0.309 e. The van der Waals surface area contributed by atoms with Crippen LogP contribution in [0.4, 0.5) is 5.82 Å². The van der Waals surface area contributed by atoms with Crippen LogP contribution >= 0.6 is 15.9 Å². The minimum absolute atomic E-state index is 0.194. The number of hydrogen-bond donors (Lipinski definition) is 1. The summed E-state index contributed by atoms with van der Waals surface area (Å²) in [5.74, 6) is 5.64. The van der Waals surface area contributed by atoms with Gasteiger partial charge in [-0.1, -0.05) is 19.8 Å². The molecule has 0 fully saturated rings. The summed E-state index contributed by atoms with van der Waals surface area (Å²) in [7, 11) is 0. The Balaban J connectivity index is 0.00000106. The molecule has 0 spiro atoms. The van der Waals surface area contributed by atoms with E-state index in [4.69, 9.17) is 0 Å². The number of rotatable bonds is 1. The highest BCUT2D eigenvalue weighted by Gasteiger charge is 2.05. The van der Waals surface area contributed by atoms with Crippen LogP contribution < -0.4 is 5.32 Å². The van der Waals surface area contributed by atoms with Gasteiger partial charge in [-0.05, 0) is 28.8 Å². The Bertz CT molecular complexity index is 421. The first-order chi connectivity index (χ1) is 7.63. The fourth-order valence-corrected chi connectivity index (χ4v) is 1.11. The Morgan fingerprint density at radius 2 is 2.12 bits per heavy atom. The van der Waals surface area contributed by atoms with E-state index in [1.165, 1.54) is 13.1 Å². The van der Waals surface area contributed by atoms with Gasteiger partial charge in [-0.25, -0.2) is 9.97 Å². The highest BCUT2D eigenvalue weighted by atomic mass is 79.9. The van der Waals surface area contributed by atoms with Gasteiger partial charge in [0.15, 0.2) is 11.5 Å². The minimum Gasteiger partial charge on any atom is -0.309 e. The standard InChI is InChI=1S/C9H8BrN3O.C2H6/c1-3-4-7-9(12-6(2)14)11-5-8(10)13-7;1-2/h5H,1-2H3,(H,11,12,14);1-2H3. The Morgan fingerprint density at radius 1 is 1.50 bits per heavy atom. The maximum absolute atomic E-state index is 10.8. The maximum Gasteiger partial charge on any atom is 0.222 e. The van der Waals surface area contributed by atoms with Crippen molar-refractivity contribution in [1.29, 1.82) is 0 Å². The number of hydrogen-bond acceptors (Lipinski definition) is 3. The van der Waals surface area contributed by atoms with E-state index in [0.29, 0.717) is 16.1 Å². The van der Waals surface area contributed by atoms with Gasteiger partial charge >= 0.3 is 0 Å². The van der Waals surface area contributed by atoms with Crippen molar-refractivity contribution < 1.29 is 4.79 Å². The average molecular weight is 284 g/mol. The van der Waals surface area contributed by atoms with Gasteiger partial charge in [0.25, 0.3) is 0 Å². The van der Waals surface area contributed by atoms with Crippen LogP contribution in [0.25, 0.3) is 0 Å². The predicted molar refractivity (Wildman–Crippen MR) is 67.9 cm³/mol. The zero-order valence-electron chi connectivity index (χ0n) is 9.76. The van der Waals surface area contributed by atoms with Crippen LogP contribution in [0.15, 0.2) is 10.8 Å². The third kappa shape index (κ3) is 4.89. The van der Waals surface area contributed by atoms with Gasteiger partial charge in [-0.3, -0.25) is 4.79 Å². The molecule has 0 aliphatic rings. The molecule has 5 heteroatoms. The summed E-state index contributed by atoms with van der Waals surface area (Å²) in [4.78, 5) is 18.9. The van der Waals surface area contributed by atoms with Gasteiger partial charge in [-0.2, -0.15) is 0 Å². The lowest BCUT2D eigenvalue weighted by molar-refractivity contribution is -0.114. The second-order valence-electron chi connectivity index (χ2n) is 2.45. The van der Waals surface area contributed by atoms with Gasteiger partial charge in [0.05, 0.1) is 6.20 Å². The number of amides is 1. The smallest absolute Gasteiger partial charge is 0.222 e. The molecule has 1 amide bonds. The molecule has 1 aromatic rings. The first kappa shape index (κ1) is 14.6. The Morgan fingerprint density at radius 3 is 2.62 bits per heavy atom. The lowest BCUT2D eigenvalue weighted by Gasteiger charge is -2.02. The van der Waals surface area contributed by atoms with E-state index in [9.17, 15) is 4.79 Å².